The molecule has 0 amide bonds. The maximum absolute atomic E-state index is 14.0. The number of carboxylic acid groups (broad SMARTS) is 1. The Bertz CT molecular complexity index is 479. The van der Waals surface area contributed by atoms with Gasteiger partial charge in [-0.2, -0.15) is 0 Å². The van der Waals surface area contributed by atoms with E-state index >= 15 is 0 Å². The summed E-state index contributed by atoms with van der Waals surface area (Å²) in [5.74, 6) is -4.41. The van der Waals surface area contributed by atoms with Crippen LogP contribution in [0.2, 0.25) is 0 Å². The SMILES string of the molecule is C=CC1(F)C=C(F)C(F)=C(CC(C)(C)C(=O)O)C1F. The second-order valence-electron chi connectivity index (χ2n) is 5.09. The van der Waals surface area contributed by atoms with Crippen LogP contribution in [0.25, 0.3) is 0 Å². The summed E-state index contributed by atoms with van der Waals surface area (Å²) in [7, 11) is 0. The number of carboxylic acids is 1. The van der Waals surface area contributed by atoms with Gasteiger partial charge in [-0.3, -0.25) is 4.79 Å². The monoisotopic (exact) mass is 278 g/mol. The quantitative estimate of drug-likeness (QED) is 0.627. The third-order valence-electron chi connectivity index (χ3n) is 3.06. The van der Waals surface area contributed by atoms with Gasteiger partial charge in [0.2, 0.25) is 0 Å². The molecule has 1 aliphatic rings. The molecule has 2 atom stereocenters. The minimum Gasteiger partial charge on any atom is -0.481 e. The van der Waals surface area contributed by atoms with E-state index in [1.165, 1.54) is 13.8 Å². The van der Waals surface area contributed by atoms with Crippen molar-refractivity contribution in [3.8, 4) is 0 Å². The van der Waals surface area contributed by atoms with E-state index in [9.17, 15) is 22.4 Å². The van der Waals surface area contributed by atoms with Crippen molar-refractivity contribution in [2.45, 2.75) is 32.1 Å². The Labute approximate surface area is 108 Å². The first-order valence-electron chi connectivity index (χ1n) is 5.52. The van der Waals surface area contributed by atoms with Crippen LogP contribution in [0.4, 0.5) is 17.6 Å². The fraction of sp³-hybridized carbons (Fsp3) is 0.462. The van der Waals surface area contributed by atoms with Crippen LogP contribution in [0.3, 0.4) is 0 Å². The van der Waals surface area contributed by atoms with Crippen molar-refractivity contribution < 1.29 is 27.5 Å². The van der Waals surface area contributed by atoms with Crippen molar-refractivity contribution in [2.24, 2.45) is 5.41 Å². The van der Waals surface area contributed by atoms with Crippen molar-refractivity contribution in [3.63, 3.8) is 0 Å². The molecule has 1 aliphatic carbocycles. The Hall–Kier alpha value is -1.59. The Kier molecular flexibility index (Phi) is 3.93. The summed E-state index contributed by atoms with van der Waals surface area (Å²) in [6.07, 6.45) is -2.45. The fourth-order valence-electron chi connectivity index (χ4n) is 1.74. The van der Waals surface area contributed by atoms with E-state index in [4.69, 9.17) is 5.11 Å². The molecule has 0 saturated carbocycles. The molecule has 106 valence electrons. The van der Waals surface area contributed by atoms with E-state index in [1.807, 2.05) is 0 Å². The Morgan fingerprint density at radius 3 is 2.53 bits per heavy atom. The van der Waals surface area contributed by atoms with Crippen molar-refractivity contribution in [1.29, 1.82) is 0 Å². The van der Waals surface area contributed by atoms with Gasteiger partial charge < -0.3 is 5.11 Å². The highest BCUT2D eigenvalue weighted by atomic mass is 19.2. The third-order valence-corrected chi connectivity index (χ3v) is 3.06. The van der Waals surface area contributed by atoms with E-state index in [0.717, 1.165) is 0 Å². The van der Waals surface area contributed by atoms with E-state index < -0.39 is 46.9 Å². The summed E-state index contributed by atoms with van der Waals surface area (Å²) in [6, 6.07) is 0. The summed E-state index contributed by atoms with van der Waals surface area (Å²) in [5.41, 5.74) is -5.25. The van der Waals surface area contributed by atoms with E-state index in [0.29, 0.717) is 6.08 Å². The number of aliphatic carboxylic acids is 1. The molecule has 0 aromatic rings. The van der Waals surface area contributed by atoms with Crippen LogP contribution in [-0.4, -0.2) is 22.9 Å². The topological polar surface area (TPSA) is 37.3 Å². The minimum absolute atomic E-state index is 0.164. The number of alkyl halides is 2. The van der Waals surface area contributed by atoms with E-state index in [1.54, 1.807) is 0 Å². The standard InChI is InChI=1S/C13H14F4O2/c1-4-13(17)6-8(14)9(15)7(10(13)16)5-12(2,3)11(18)19/h4,6,10H,1,5H2,2-3H3,(H,18,19). The molecule has 0 saturated heterocycles. The molecule has 0 spiro atoms. The Morgan fingerprint density at radius 2 is 2.11 bits per heavy atom. The van der Waals surface area contributed by atoms with Crippen LogP contribution in [0.15, 0.2) is 36.0 Å². The van der Waals surface area contributed by atoms with Gasteiger partial charge in [-0.1, -0.05) is 6.58 Å². The molecule has 19 heavy (non-hydrogen) atoms. The molecule has 0 aromatic carbocycles. The van der Waals surface area contributed by atoms with Crippen molar-refractivity contribution in [1.82, 2.24) is 0 Å². The van der Waals surface area contributed by atoms with E-state index in [2.05, 4.69) is 6.58 Å². The molecule has 6 heteroatoms. The highest BCUT2D eigenvalue weighted by molar-refractivity contribution is 5.74. The van der Waals surface area contributed by atoms with Gasteiger partial charge in [0.1, 0.15) is 0 Å². The number of halogens is 4. The van der Waals surface area contributed by atoms with Crippen LogP contribution in [-0.2, 0) is 4.79 Å². The number of hydrogen-bond acceptors (Lipinski definition) is 1. The molecule has 2 nitrogen and oxygen atoms in total. The molecule has 2 unspecified atom stereocenters. The molecule has 1 N–H and O–H groups in total. The Morgan fingerprint density at radius 1 is 1.58 bits per heavy atom. The lowest BCUT2D eigenvalue weighted by molar-refractivity contribution is -0.146. The van der Waals surface area contributed by atoms with Gasteiger partial charge in [0.15, 0.2) is 23.5 Å². The fourth-order valence-corrected chi connectivity index (χ4v) is 1.74. The first-order valence-corrected chi connectivity index (χ1v) is 5.52. The van der Waals surface area contributed by atoms with Gasteiger partial charge in [-0.05, 0) is 32.4 Å². The first kappa shape index (κ1) is 15.5. The van der Waals surface area contributed by atoms with Crippen molar-refractivity contribution >= 4 is 5.97 Å². The largest absolute Gasteiger partial charge is 0.481 e. The average Bonchev–Trinajstić information content (AvgIpc) is 2.32. The van der Waals surface area contributed by atoms with Crippen LogP contribution < -0.4 is 0 Å². The normalized spacial score (nSPS) is 28.1. The molecule has 0 bridgehead atoms. The average molecular weight is 278 g/mol. The smallest absolute Gasteiger partial charge is 0.309 e. The number of allylic oxidation sites excluding steroid dienone is 5. The molecule has 0 aromatic heterocycles. The highest BCUT2D eigenvalue weighted by Gasteiger charge is 2.46. The van der Waals surface area contributed by atoms with Gasteiger partial charge in [0.25, 0.3) is 0 Å². The maximum Gasteiger partial charge on any atom is 0.309 e. The lowest BCUT2D eigenvalue weighted by Gasteiger charge is -2.31. The molecule has 0 aliphatic heterocycles. The van der Waals surface area contributed by atoms with Gasteiger partial charge in [0.05, 0.1) is 5.41 Å². The molecule has 0 heterocycles. The van der Waals surface area contributed by atoms with Crippen molar-refractivity contribution in [3.05, 3.63) is 36.0 Å². The zero-order valence-corrected chi connectivity index (χ0v) is 10.5. The first-order chi connectivity index (χ1) is 8.55. The lowest BCUT2D eigenvalue weighted by atomic mass is 9.78. The van der Waals surface area contributed by atoms with Crippen LogP contribution in [0.1, 0.15) is 20.3 Å². The molecular formula is C13H14F4O2. The summed E-state index contributed by atoms with van der Waals surface area (Å²) >= 11 is 0. The zero-order valence-electron chi connectivity index (χ0n) is 10.5. The lowest BCUT2D eigenvalue weighted by Crippen LogP contribution is -2.38. The Balaban J connectivity index is 3.24. The maximum atomic E-state index is 14.0. The third kappa shape index (κ3) is 2.72. The van der Waals surface area contributed by atoms with Crippen LogP contribution in [0, 0.1) is 5.41 Å². The van der Waals surface area contributed by atoms with E-state index in [-0.39, 0.29) is 6.08 Å². The van der Waals surface area contributed by atoms with Gasteiger partial charge in [-0.25, -0.2) is 17.6 Å². The van der Waals surface area contributed by atoms with Gasteiger partial charge in [-0.15, -0.1) is 0 Å². The number of carbonyl (C=O) groups is 1. The summed E-state index contributed by atoms with van der Waals surface area (Å²) in [4.78, 5) is 10.9. The highest BCUT2D eigenvalue weighted by Crippen LogP contribution is 2.43. The molecule has 0 radical (unpaired) electrons. The number of hydrogen-bond donors (Lipinski definition) is 1. The number of rotatable bonds is 4. The minimum atomic E-state index is -2.87. The zero-order chi connectivity index (χ0) is 15.0. The molecule has 1 rings (SSSR count). The predicted octanol–water partition coefficient (Wildman–Crippen LogP) is 3.81. The van der Waals surface area contributed by atoms with Crippen LogP contribution >= 0.6 is 0 Å². The summed E-state index contributed by atoms with van der Waals surface area (Å²) in [5, 5.41) is 8.91. The predicted molar refractivity (Wildman–Crippen MR) is 62.3 cm³/mol. The molecule has 0 fully saturated rings. The van der Waals surface area contributed by atoms with Gasteiger partial charge >= 0.3 is 5.97 Å². The molecular weight excluding hydrogens is 264 g/mol. The summed E-state index contributed by atoms with van der Waals surface area (Å²) in [6.45, 7) is 5.47. The van der Waals surface area contributed by atoms with Crippen LogP contribution in [0.5, 0.6) is 0 Å². The summed E-state index contributed by atoms with van der Waals surface area (Å²) < 4.78 is 54.8. The van der Waals surface area contributed by atoms with Gasteiger partial charge in [0, 0.05) is 5.57 Å². The van der Waals surface area contributed by atoms with Crippen molar-refractivity contribution in [2.75, 3.05) is 0 Å². The second-order valence-corrected chi connectivity index (χ2v) is 5.09. The second kappa shape index (κ2) is 4.83.